The Morgan fingerprint density at radius 2 is 2.19 bits per heavy atom. The van der Waals surface area contributed by atoms with E-state index in [1.807, 2.05) is 28.6 Å². The number of anilines is 2. The van der Waals surface area contributed by atoms with Gasteiger partial charge in [-0.2, -0.15) is 5.26 Å². The molecule has 3 aromatic rings. The molecule has 1 atom stereocenters. The monoisotopic (exact) mass is 363 g/mol. The summed E-state index contributed by atoms with van der Waals surface area (Å²) in [4.78, 5) is 13.4. The molecule has 0 saturated carbocycles. The van der Waals surface area contributed by atoms with E-state index >= 15 is 0 Å². The Morgan fingerprint density at radius 1 is 1.27 bits per heavy atom. The van der Waals surface area contributed by atoms with Gasteiger partial charge in [0.05, 0.1) is 11.3 Å². The van der Waals surface area contributed by atoms with Crippen LogP contribution in [0, 0.1) is 11.3 Å². The summed E-state index contributed by atoms with van der Waals surface area (Å²) in [6.45, 7) is 1.35. The number of rotatable bonds is 6. The molecule has 0 spiro atoms. The maximum Gasteiger partial charge on any atom is 0.180 e. The van der Waals surface area contributed by atoms with Crippen LogP contribution in [-0.4, -0.2) is 38.2 Å². The summed E-state index contributed by atoms with van der Waals surface area (Å²) in [6.07, 6.45) is 9.52. The third kappa shape index (κ3) is 3.48. The van der Waals surface area contributed by atoms with Crippen LogP contribution in [0.2, 0.25) is 0 Å². The fourth-order valence-electron chi connectivity index (χ4n) is 2.73. The molecule has 0 radical (unpaired) electrons. The highest BCUT2D eigenvalue weighted by atomic mass is 32.2. The van der Waals surface area contributed by atoms with E-state index in [1.54, 1.807) is 24.5 Å². The van der Waals surface area contributed by atoms with Gasteiger partial charge in [-0.1, -0.05) is 6.08 Å². The van der Waals surface area contributed by atoms with Gasteiger partial charge in [0.2, 0.25) is 0 Å². The van der Waals surface area contributed by atoms with Gasteiger partial charge in [0.25, 0.3) is 0 Å². The molecular weight excluding hydrogens is 346 g/mol. The van der Waals surface area contributed by atoms with Gasteiger partial charge in [0.15, 0.2) is 11.5 Å². The van der Waals surface area contributed by atoms with Crippen molar-refractivity contribution in [3.05, 3.63) is 59.7 Å². The highest BCUT2D eigenvalue weighted by Gasteiger charge is 2.16. The van der Waals surface area contributed by atoms with Crippen molar-refractivity contribution in [2.75, 3.05) is 29.5 Å². The summed E-state index contributed by atoms with van der Waals surface area (Å²) in [5.41, 5.74) is 2.41. The predicted molar refractivity (Wildman–Crippen MR) is 103 cm³/mol. The summed E-state index contributed by atoms with van der Waals surface area (Å²) < 4.78 is 2.01. The lowest BCUT2D eigenvalue weighted by Crippen LogP contribution is -2.16. The summed E-state index contributed by atoms with van der Waals surface area (Å²) in [5.74, 6) is 2.89. The number of hydrogen-bond donors (Lipinski definition) is 2. The molecular formula is C18H17N7S. The number of allylic oxidation sites excluding steroid dienone is 1. The molecule has 0 bridgehead atoms. The van der Waals surface area contributed by atoms with E-state index < -0.39 is 0 Å². The van der Waals surface area contributed by atoms with Crippen LogP contribution in [0.3, 0.4) is 0 Å². The van der Waals surface area contributed by atoms with E-state index in [1.165, 1.54) is 0 Å². The van der Waals surface area contributed by atoms with Gasteiger partial charge in [-0.05, 0) is 17.5 Å². The Balaban J connectivity index is 1.42. The molecule has 0 fully saturated rings. The van der Waals surface area contributed by atoms with Crippen molar-refractivity contribution in [3.8, 4) is 6.07 Å². The first-order valence-electron chi connectivity index (χ1n) is 8.29. The third-order valence-corrected chi connectivity index (χ3v) is 4.97. The SMILES string of the molecule is N#Cc1ccc(NCCNc2nc(C3C=CSC3)cn3ccnc23)nc1. The first kappa shape index (κ1) is 16.4. The molecule has 1 unspecified atom stereocenters. The second-order valence-electron chi connectivity index (χ2n) is 5.84. The Kier molecular flexibility index (Phi) is 4.71. The number of hydrogen-bond acceptors (Lipinski definition) is 7. The summed E-state index contributed by atoms with van der Waals surface area (Å²) >= 11 is 1.81. The van der Waals surface area contributed by atoms with Gasteiger partial charge < -0.3 is 15.0 Å². The molecule has 1 aliphatic rings. The summed E-state index contributed by atoms with van der Waals surface area (Å²) in [6, 6.07) is 5.60. The maximum atomic E-state index is 8.80. The highest BCUT2D eigenvalue weighted by molar-refractivity contribution is 8.02. The Hall–Kier alpha value is -3.05. The summed E-state index contributed by atoms with van der Waals surface area (Å²) in [7, 11) is 0. The van der Waals surface area contributed by atoms with E-state index in [4.69, 9.17) is 10.2 Å². The molecule has 0 saturated heterocycles. The molecule has 4 heterocycles. The normalized spacial score (nSPS) is 15.9. The molecule has 3 aromatic heterocycles. The van der Waals surface area contributed by atoms with E-state index in [0.717, 1.165) is 28.7 Å². The maximum absolute atomic E-state index is 8.80. The number of thioether (sulfide) groups is 1. The number of fused-ring (bicyclic) bond motifs is 1. The first-order chi connectivity index (χ1) is 12.8. The molecule has 0 aliphatic carbocycles. The number of imidazole rings is 1. The van der Waals surface area contributed by atoms with Crippen molar-refractivity contribution in [2.45, 2.75) is 5.92 Å². The molecule has 1 aliphatic heterocycles. The molecule has 0 aromatic carbocycles. The lowest BCUT2D eigenvalue weighted by Gasteiger charge is -2.13. The van der Waals surface area contributed by atoms with Crippen LogP contribution in [0.4, 0.5) is 11.6 Å². The van der Waals surface area contributed by atoms with Crippen LogP contribution in [0.25, 0.3) is 5.65 Å². The van der Waals surface area contributed by atoms with Crippen LogP contribution >= 0.6 is 11.8 Å². The Bertz CT molecular complexity index is 971. The van der Waals surface area contributed by atoms with E-state index in [9.17, 15) is 0 Å². The minimum Gasteiger partial charge on any atom is -0.368 e. The first-order valence-corrected chi connectivity index (χ1v) is 9.34. The Labute approximate surface area is 155 Å². The van der Waals surface area contributed by atoms with E-state index in [-0.39, 0.29) is 0 Å². The quantitative estimate of drug-likeness (QED) is 0.651. The largest absolute Gasteiger partial charge is 0.368 e. The van der Waals surface area contributed by atoms with E-state index in [0.29, 0.717) is 24.6 Å². The number of nitrogens with one attached hydrogen (secondary N) is 2. The van der Waals surface area contributed by atoms with Gasteiger partial charge in [-0.15, -0.1) is 11.8 Å². The molecule has 8 heteroatoms. The van der Waals surface area contributed by atoms with Crippen molar-refractivity contribution in [1.29, 1.82) is 5.26 Å². The average Bonchev–Trinajstić information content (AvgIpc) is 3.37. The molecule has 26 heavy (non-hydrogen) atoms. The molecule has 2 N–H and O–H groups in total. The van der Waals surface area contributed by atoms with Crippen molar-refractivity contribution in [1.82, 2.24) is 19.4 Å². The highest BCUT2D eigenvalue weighted by Crippen LogP contribution is 2.29. The smallest absolute Gasteiger partial charge is 0.180 e. The number of aromatic nitrogens is 4. The van der Waals surface area contributed by atoms with Crippen molar-refractivity contribution in [2.24, 2.45) is 0 Å². The molecule has 4 rings (SSSR count). The second kappa shape index (κ2) is 7.45. The van der Waals surface area contributed by atoms with Crippen molar-refractivity contribution < 1.29 is 0 Å². The van der Waals surface area contributed by atoms with Gasteiger partial charge in [0.1, 0.15) is 11.9 Å². The summed E-state index contributed by atoms with van der Waals surface area (Å²) in [5, 5.41) is 17.5. The predicted octanol–water partition coefficient (Wildman–Crippen LogP) is 2.86. The van der Waals surface area contributed by atoms with Crippen LogP contribution < -0.4 is 10.6 Å². The second-order valence-corrected chi connectivity index (χ2v) is 6.78. The van der Waals surface area contributed by atoms with Crippen molar-refractivity contribution in [3.63, 3.8) is 0 Å². The van der Waals surface area contributed by atoms with Crippen LogP contribution in [0.5, 0.6) is 0 Å². The number of pyridine rings is 1. The van der Waals surface area contributed by atoms with Gasteiger partial charge >= 0.3 is 0 Å². The lowest BCUT2D eigenvalue weighted by atomic mass is 10.1. The number of nitriles is 1. The average molecular weight is 363 g/mol. The Morgan fingerprint density at radius 3 is 2.96 bits per heavy atom. The zero-order valence-electron chi connectivity index (χ0n) is 14.0. The van der Waals surface area contributed by atoms with Crippen LogP contribution in [-0.2, 0) is 0 Å². The molecule has 130 valence electrons. The fourth-order valence-corrected chi connectivity index (χ4v) is 3.63. The standard InChI is InChI=1S/C18H17N7S/c19-9-13-1-2-16(23-10-13)20-4-5-21-17-18-22-6-7-25(18)11-15(24-17)14-3-8-26-12-14/h1-3,6-8,10-11,14H,4-5,12H2,(H,20,23)(H,21,24). The van der Waals surface area contributed by atoms with Crippen LogP contribution in [0.1, 0.15) is 17.2 Å². The minimum absolute atomic E-state index is 0.341. The van der Waals surface area contributed by atoms with Gasteiger partial charge in [-0.25, -0.2) is 15.0 Å². The number of nitrogens with zero attached hydrogens (tertiary/aromatic N) is 5. The van der Waals surface area contributed by atoms with Crippen molar-refractivity contribution >= 4 is 29.0 Å². The molecule has 7 nitrogen and oxygen atoms in total. The molecule has 0 amide bonds. The minimum atomic E-state index is 0.341. The zero-order valence-corrected chi connectivity index (χ0v) is 14.8. The third-order valence-electron chi connectivity index (χ3n) is 4.07. The zero-order chi connectivity index (χ0) is 17.8. The topological polar surface area (TPSA) is 90.9 Å². The fraction of sp³-hybridized carbons (Fsp3) is 0.222. The van der Waals surface area contributed by atoms with Gasteiger partial charge in [0, 0.05) is 49.5 Å². The van der Waals surface area contributed by atoms with E-state index in [2.05, 4.69) is 38.2 Å². The lowest BCUT2D eigenvalue weighted by molar-refractivity contribution is 0.898. The van der Waals surface area contributed by atoms with Crippen LogP contribution in [0.15, 0.2) is 48.4 Å². The van der Waals surface area contributed by atoms with Gasteiger partial charge in [-0.3, -0.25) is 0 Å².